The zero-order chi connectivity index (χ0) is 21.3. The molecule has 0 heterocycles. The number of benzene rings is 3. The minimum Gasteiger partial charge on any atom is -0.484 e. The van der Waals surface area contributed by atoms with Gasteiger partial charge in [-0.15, -0.1) is 0 Å². The van der Waals surface area contributed by atoms with Crippen LogP contribution < -0.4 is 20.1 Å². The van der Waals surface area contributed by atoms with Crippen LogP contribution in [0.25, 0.3) is 0 Å². The van der Waals surface area contributed by atoms with Crippen LogP contribution in [0.1, 0.15) is 21.5 Å². The van der Waals surface area contributed by atoms with Gasteiger partial charge in [0.1, 0.15) is 17.2 Å². The van der Waals surface area contributed by atoms with Crippen LogP contribution in [0.15, 0.2) is 72.8 Å². The molecule has 0 fully saturated rings. The molecule has 30 heavy (non-hydrogen) atoms. The summed E-state index contributed by atoms with van der Waals surface area (Å²) in [4.78, 5) is 23.7. The highest BCUT2D eigenvalue weighted by atomic mass is 16.5. The van der Waals surface area contributed by atoms with Crippen LogP contribution >= 0.6 is 0 Å². The van der Waals surface area contributed by atoms with Crippen molar-refractivity contribution >= 4 is 11.8 Å². The number of ether oxygens (including phenoxy) is 2. The molecule has 3 rings (SSSR count). The molecule has 3 aromatic carbocycles. The van der Waals surface area contributed by atoms with Crippen molar-refractivity contribution in [3.63, 3.8) is 0 Å². The van der Waals surface area contributed by atoms with E-state index in [1.165, 1.54) is 5.56 Å². The fourth-order valence-corrected chi connectivity index (χ4v) is 2.71. The summed E-state index contributed by atoms with van der Waals surface area (Å²) in [6.07, 6.45) is 0. The first-order chi connectivity index (χ1) is 14.5. The van der Waals surface area contributed by atoms with Crippen molar-refractivity contribution in [3.05, 3.63) is 89.5 Å². The Hall–Kier alpha value is -3.80. The lowest BCUT2D eigenvalue weighted by atomic mass is 10.1. The van der Waals surface area contributed by atoms with Crippen LogP contribution in [0.4, 0.5) is 0 Å². The first-order valence-corrected chi connectivity index (χ1v) is 9.58. The second kappa shape index (κ2) is 10.1. The van der Waals surface area contributed by atoms with Gasteiger partial charge >= 0.3 is 0 Å². The highest BCUT2D eigenvalue weighted by molar-refractivity contribution is 5.94. The molecule has 154 valence electrons. The van der Waals surface area contributed by atoms with Crippen LogP contribution in [-0.2, 0) is 11.3 Å². The fraction of sp³-hybridized carbons (Fsp3) is 0.167. The molecule has 0 unspecified atom stereocenters. The Kier molecular flexibility index (Phi) is 7.05. The Bertz CT molecular complexity index is 998. The van der Waals surface area contributed by atoms with Crippen molar-refractivity contribution in [2.24, 2.45) is 0 Å². The molecule has 2 N–H and O–H groups in total. The summed E-state index contributed by atoms with van der Waals surface area (Å²) in [5, 5.41) is 5.36. The number of rotatable bonds is 8. The molecular formula is C24H24N2O4. The molecule has 2 amide bonds. The molecule has 0 atom stereocenters. The molecule has 0 spiro atoms. The van der Waals surface area contributed by atoms with Gasteiger partial charge in [0.25, 0.3) is 11.8 Å². The fourth-order valence-electron chi connectivity index (χ4n) is 2.71. The van der Waals surface area contributed by atoms with E-state index in [9.17, 15) is 9.59 Å². The van der Waals surface area contributed by atoms with Gasteiger partial charge in [0.15, 0.2) is 6.61 Å². The van der Waals surface area contributed by atoms with E-state index in [-0.39, 0.29) is 18.4 Å². The third-order valence-electron chi connectivity index (χ3n) is 4.36. The largest absolute Gasteiger partial charge is 0.484 e. The number of carbonyl (C=O) groups excluding carboxylic acids is 2. The molecule has 6 nitrogen and oxygen atoms in total. The van der Waals surface area contributed by atoms with E-state index < -0.39 is 0 Å². The molecule has 0 aliphatic rings. The monoisotopic (exact) mass is 404 g/mol. The zero-order valence-corrected chi connectivity index (χ0v) is 17.0. The van der Waals surface area contributed by atoms with Crippen LogP contribution in [0.2, 0.25) is 0 Å². The Morgan fingerprint density at radius 3 is 2.17 bits per heavy atom. The maximum Gasteiger partial charge on any atom is 0.258 e. The van der Waals surface area contributed by atoms with Gasteiger partial charge in [-0.1, -0.05) is 29.8 Å². The second-order valence-electron chi connectivity index (χ2n) is 6.73. The van der Waals surface area contributed by atoms with E-state index in [0.717, 1.165) is 11.3 Å². The highest BCUT2D eigenvalue weighted by Gasteiger charge is 2.06. The SMILES string of the molecule is CNC(=O)c1cccc(CNC(=O)COc2ccc(Oc3ccc(C)cc3)cc2)c1. The minimum atomic E-state index is -0.250. The van der Waals surface area contributed by atoms with Crippen molar-refractivity contribution in [2.75, 3.05) is 13.7 Å². The maximum absolute atomic E-state index is 12.1. The van der Waals surface area contributed by atoms with Crippen LogP contribution in [0, 0.1) is 6.92 Å². The second-order valence-corrected chi connectivity index (χ2v) is 6.73. The molecule has 0 aliphatic heterocycles. The third-order valence-corrected chi connectivity index (χ3v) is 4.36. The van der Waals surface area contributed by atoms with Gasteiger partial charge in [-0.2, -0.15) is 0 Å². The van der Waals surface area contributed by atoms with Crippen LogP contribution in [0.5, 0.6) is 17.2 Å². The summed E-state index contributed by atoms with van der Waals surface area (Å²) >= 11 is 0. The van der Waals surface area contributed by atoms with E-state index in [4.69, 9.17) is 9.47 Å². The molecule has 0 radical (unpaired) electrons. The average molecular weight is 404 g/mol. The number of carbonyl (C=O) groups is 2. The normalized spacial score (nSPS) is 10.2. The molecule has 6 heteroatoms. The number of amides is 2. The molecule has 0 saturated carbocycles. The number of aryl methyl sites for hydroxylation is 1. The predicted molar refractivity (Wildman–Crippen MR) is 115 cm³/mol. The summed E-state index contributed by atoms with van der Waals surface area (Å²) in [6.45, 7) is 2.23. The first-order valence-electron chi connectivity index (χ1n) is 9.58. The van der Waals surface area contributed by atoms with Gasteiger partial charge in [-0.05, 0) is 61.0 Å². The standard InChI is InChI=1S/C24H24N2O4/c1-17-6-8-21(9-7-17)30-22-12-10-20(11-13-22)29-16-23(27)26-15-18-4-3-5-19(14-18)24(28)25-2/h3-14H,15-16H2,1-2H3,(H,25,28)(H,26,27). The van der Waals surface area contributed by atoms with E-state index in [1.807, 2.05) is 37.3 Å². The summed E-state index contributed by atoms with van der Waals surface area (Å²) in [6, 6.07) is 22.0. The quantitative estimate of drug-likeness (QED) is 0.598. The van der Waals surface area contributed by atoms with Crippen molar-refractivity contribution in [2.45, 2.75) is 13.5 Å². The highest BCUT2D eigenvalue weighted by Crippen LogP contribution is 2.24. The van der Waals surface area contributed by atoms with Gasteiger partial charge in [-0.3, -0.25) is 9.59 Å². The van der Waals surface area contributed by atoms with E-state index >= 15 is 0 Å². The van der Waals surface area contributed by atoms with Gasteiger partial charge in [0.2, 0.25) is 0 Å². The van der Waals surface area contributed by atoms with Crippen molar-refractivity contribution in [1.29, 1.82) is 0 Å². The number of hydrogen-bond acceptors (Lipinski definition) is 4. The number of hydrogen-bond donors (Lipinski definition) is 2. The summed E-state index contributed by atoms with van der Waals surface area (Å²) in [5.74, 6) is 1.60. The molecule has 0 saturated heterocycles. The Balaban J connectivity index is 1.45. The van der Waals surface area contributed by atoms with Crippen molar-refractivity contribution < 1.29 is 19.1 Å². The van der Waals surface area contributed by atoms with Gasteiger partial charge in [-0.25, -0.2) is 0 Å². The van der Waals surface area contributed by atoms with E-state index in [2.05, 4.69) is 10.6 Å². The lowest BCUT2D eigenvalue weighted by Crippen LogP contribution is -2.28. The summed E-state index contributed by atoms with van der Waals surface area (Å²) in [7, 11) is 1.58. The minimum absolute atomic E-state index is 0.104. The maximum atomic E-state index is 12.1. The van der Waals surface area contributed by atoms with Crippen molar-refractivity contribution in [1.82, 2.24) is 10.6 Å². The van der Waals surface area contributed by atoms with E-state index in [0.29, 0.717) is 23.6 Å². The topological polar surface area (TPSA) is 76.7 Å². The Morgan fingerprint density at radius 1 is 0.867 bits per heavy atom. The summed E-state index contributed by atoms with van der Waals surface area (Å²) in [5.41, 5.74) is 2.55. The van der Waals surface area contributed by atoms with Crippen LogP contribution in [-0.4, -0.2) is 25.5 Å². The molecule has 0 bridgehead atoms. The first kappa shape index (κ1) is 20.9. The molecule has 0 aromatic heterocycles. The number of nitrogens with one attached hydrogen (secondary N) is 2. The van der Waals surface area contributed by atoms with Gasteiger partial charge < -0.3 is 20.1 Å². The lowest BCUT2D eigenvalue weighted by molar-refractivity contribution is -0.123. The smallest absolute Gasteiger partial charge is 0.258 e. The predicted octanol–water partition coefficient (Wildman–Crippen LogP) is 3.84. The van der Waals surface area contributed by atoms with Gasteiger partial charge in [0, 0.05) is 19.2 Å². The third kappa shape index (κ3) is 6.10. The summed E-state index contributed by atoms with van der Waals surface area (Å²) < 4.78 is 11.3. The van der Waals surface area contributed by atoms with Crippen LogP contribution in [0.3, 0.4) is 0 Å². The van der Waals surface area contributed by atoms with Gasteiger partial charge in [0.05, 0.1) is 0 Å². The van der Waals surface area contributed by atoms with E-state index in [1.54, 1.807) is 49.5 Å². The average Bonchev–Trinajstić information content (AvgIpc) is 2.78. The molecule has 0 aliphatic carbocycles. The molecular weight excluding hydrogens is 380 g/mol. The Morgan fingerprint density at radius 2 is 1.50 bits per heavy atom. The Labute approximate surface area is 175 Å². The van der Waals surface area contributed by atoms with Crippen molar-refractivity contribution in [3.8, 4) is 17.2 Å². The molecule has 3 aromatic rings. The lowest BCUT2D eigenvalue weighted by Gasteiger charge is -2.10. The zero-order valence-electron chi connectivity index (χ0n) is 17.0.